The van der Waals surface area contributed by atoms with Gasteiger partial charge in [-0.05, 0) is 72.5 Å². The van der Waals surface area contributed by atoms with Crippen molar-refractivity contribution in [2.45, 2.75) is 36.3 Å². The van der Waals surface area contributed by atoms with Crippen molar-refractivity contribution in [2.24, 2.45) is 10.2 Å². The lowest BCUT2D eigenvalue weighted by Gasteiger charge is -2.18. The molecule has 0 aliphatic rings. The van der Waals surface area contributed by atoms with E-state index in [1.54, 1.807) is 72.9 Å². The molecule has 0 fully saturated rings. The molecule has 2 amide bonds. The number of rotatable bonds is 16. The number of aryl methyl sites for hydroxylation is 1. The molecule has 20 heteroatoms. The van der Waals surface area contributed by atoms with Gasteiger partial charge in [-0.2, -0.15) is 13.5 Å². The summed E-state index contributed by atoms with van der Waals surface area (Å²) in [5.41, 5.74) is 1.95. The van der Waals surface area contributed by atoms with Gasteiger partial charge in [-0.25, -0.2) is 10.2 Å². The Morgan fingerprint density at radius 2 is 1.69 bits per heavy atom. The second kappa shape index (κ2) is 18.3. The number of imidazole rings is 1. The number of benzene rings is 5. The fraction of sp³-hybridized carbons (Fsp3) is 0.128. The molecule has 1 unspecified atom stereocenters. The third-order valence-corrected chi connectivity index (χ3v) is 9.95. The minimum Gasteiger partial charge on any atom is -0.505 e. The normalized spacial score (nSPS) is 12.0. The highest BCUT2D eigenvalue weighted by molar-refractivity contribution is 7.94. The summed E-state index contributed by atoms with van der Waals surface area (Å²) < 4.78 is 50.8. The molecule has 1 aromatic heterocycles. The van der Waals surface area contributed by atoms with Gasteiger partial charge in [-0.3, -0.25) is 18.9 Å². The highest BCUT2D eigenvalue weighted by Gasteiger charge is 2.30. The maximum absolute atomic E-state index is 13.7. The summed E-state index contributed by atoms with van der Waals surface area (Å²) in [4.78, 5) is 43.2. The smallest absolute Gasteiger partial charge is 0.294 e. The Balaban J connectivity index is 1.21. The predicted octanol–water partition coefficient (Wildman–Crippen LogP) is 7.75. The number of aromatic hydroxyl groups is 1. The van der Waals surface area contributed by atoms with E-state index in [0.717, 1.165) is 24.6 Å². The van der Waals surface area contributed by atoms with Gasteiger partial charge >= 0.3 is 0 Å². The summed E-state index contributed by atoms with van der Waals surface area (Å²) in [7, 11) is -3.25. The van der Waals surface area contributed by atoms with Crippen molar-refractivity contribution in [1.82, 2.24) is 9.55 Å². The largest absolute Gasteiger partial charge is 0.505 e. The average molecular weight is 843 g/mol. The molecule has 0 saturated carbocycles. The molecule has 0 saturated heterocycles. The molecule has 6 rings (SSSR count). The zero-order valence-electron chi connectivity index (χ0n) is 31.2. The van der Waals surface area contributed by atoms with Crippen LogP contribution < -0.4 is 20.1 Å². The van der Waals surface area contributed by atoms with Crippen LogP contribution in [0.3, 0.4) is 0 Å². The van der Waals surface area contributed by atoms with Gasteiger partial charge < -0.3 is 29.8 Å². The molecular formula is C39H34N6O12S2. The Hall–Kier alpha value is -6.68. The van der Waals surface area contributed by atoms with Crippen LogP contribution in [0.1, 0.15) is 34.6 Å². The zero-order valence-corrected chi connectivity index (χ0v) is 32.9. The number of amides is 2. The van der Waals surface area contributed by atoms with E-state index < -0.39 is 44.4 Å². The zero-order chi connectivity index (χ0) is 42.3. The van der Waals surface area contributed by atoms with Gasteiger partial charge in [0.1, 0.15) is 23.8 Å². The first-order valence-electron chi connectivity index (χ1n) is 17.2. The Labute approximate surface area is 340 Å². The molecule has 5 N–H and O–H groups in total. The van der Waals surface area contributed by atoms with Crippen molar-refractivity contribution < 1.29 is 56.6 Å². The molecule has 6 aromatic rings. The molecule has 0 aliphatic heterocycles. The molecule has 0 radical (unpaired) electrons. The number of nitrogens with zero attached hydrogens (tertiary/aromatic N) is 4. The number of ketones is 1. The van der Waals surface area contributed by atoms with Gasteiger partial charge in [0.25, 0.3) is 16.0 Å². The number of azo groups is 1. The lowest BCUT2D eigenvalue weighted by molar-refractivity contribution is -0.432. The van der Waals surface area contributed by atoms with Crippen LogP contribution in [0.4, 0.5) is 22.7 Å². The number of hydrogen-bond donors (Lipinski definition) is 5. The number of carbonyl (C=O) groups is 3. The van der Waals surface area contributed by atoms with Crippen LogP contribution in [0.15, 0.2) is 124 Å². The van der Waals surface area contributed by atoms with E-state index in [1.807, 2.05) is 13.0 Å². The number of hydrogen-bond acceptors (Lipinski definition) is 15. The van der Waals surface area contributed by atoms with E-state index in [-0.39, 0.29) is 33.6 Å². The standard InChI is InChI=1S/C39H34N6O12S2/c1-22-9-14-32(54-3)30(15-22)42-39(49)36(37(47)24-7-5-4-6-8-24)45-19-27(40-21-45)20-55-28-12-10-26(11-13-28)43-44-35-33(58-57-56-50)17-25-16-29(59(51,52)53)18-31(41-23(2)46)34(25)38(35)48/h4-19,21,36,48,50H,20H2,1-3H3,(H,41,46)(H,42,49)(H,51,52,53). The van der Waals surface area contributed by atoms with Crippen molar-refractivity contribution >= 4 is 73.3 Å². The fourth-order valence-corrected chi connectivity index (χ4v) is 6.89. The van der Waals surface area contributed by atoms with Crippen molar-refractivity contribution in [3.8, 4) is 17.2 Å². The van der Waals surface area contributed by atoms with Crippen LogP contribution in [0.2, 0.25) is 0 Å². The SMILES string of the molecule is COc1ccc(C)cc1NC(=O)C(C(=O)c1ccccc1)n1cnc(COc2ccc(N=Nc3c(SOOO)cc4cc(S(=O)(=O)O)cc(NC(C)=O)c4c3O)cc2)c1. The molecule has 0 bridgehead atoms. The first-order valence-corrected chi connectivity index (χ1v) is 19.4. The van der Waals surface area contributed by atoms with E-state index in [9.17, 15) is 32.5 Å². The van der Waals surface area contributed by atoms with Gasteiger partial charge in [0.15, 0.2) is 17.6 Å². The number of aromatic nitrogens is 2. The van der Waals surface area contributed by atoms with Gasteiger partial charge in [0.2, 0.25) is 5.91 Å². The summed E-state index contributed by atoms with van der Waals surface area (Å²) in [6, 6.07) is 22.0. The molecule has 5 aromatic carbocycles. The summed E-state index contributed by atoms with van der Waals surface area (Å²) in [6.45, 7) is 2.99. The summed E-state index contributed by atoms with van der Waals surface area (Å²) in [6.07, 6.45) is 2.92. The molecule has 304 valence electrons. The third kappa shape index (κ3) is 10.1. The average Bonchev–Trinajstić information content (AvgIpc) is 3.67. The van der Waals surface area contributed by atoms with E-state index in [0.29, 0.717) is 46.2 Å². The fourth-order valence-electron chi connectivity index (χ4n) is 5.85. The first-order chi connectivity index (χ1) is 28.2. The van der Waals surface area contributed by atoms with Gasteiger partial charge in [0, 0.05) is 24.1 Å². The molecular weight excluding hydrogens is 809 g/mol. The quantitative estimate of drug-likeness (QED) is 0.0119. The number of phenolic OH excluding ortho intramolecular Hbond substituents is 1. The molecule has 0 spiro atoms. The Morgan fingerprint density at radius 1 is 0.949 bits per heavy atom. The number of nitrogens with one attached hydrogen (secondary N) is 2. The number of carbonyl (C=O) groups excluding carboxylic acids is 3. The molecule has 1 atom stereocenters. The minimum atomic E-state index is -4.73. The third-order valence-electron chi connectivity index (χ3n) is 8.50. The molecule has 1 heterocycles. The van der Waals surface area contributed by atoms with E-state index in [4.69, 9.17) is 14.7 Å². The first kappa shape index (κ1) is 41.9. The minimum absolute atomic E-state index is 0.00599. The van der Waals surface area contributed by atoms with Crippen LogP contribution in [-0.2, 0) is 35.7 Å². The lowest BCUT2D eigenvalue weighted by Crippen LogP contribution is -2.32. The summed E-state index contributed by atoms with van der Waals surface area (Å²) in [5.74, 6) is -1.39. The van der Waals surface area contributed by atoms with E-state index in [2.05, 4.69) is 35.2 Å². The summed E-state index contributed by atoms with van der Waals surface area (Å²) >= 11 is 0.400. The van der Waals surface area contributed by atoms with Crippen molar-refractivity contribution in [3.05, 3.63) is 120 Å². The molecule has 59 heavy (non-hydrogen) atoms. The Kier molecular flexibility index (Phi) is 13.0. The van der Waals surface area contributed by atoms with E-state index in [1.165, 1.54) is 24.1 Å². The van der Waals surface area contributed by atoms with Crippen LogP contribution in [-0.4, -0.2) is 57.6 Å². The van der Waals surface area contributed by atoms with Gasteiger partial charge in [-0.1, -0.05) is 41.4 Å². The van der Waals surface area contributed by atoms with Crippen molar-refractivity contribution in [2.75, 3.05) is 17.7 Å². The summed E-state index contributed by atoms with van der Waals surface area (Å²) in [5, 5.41) is 37.3. The van der Waals surface area contributed by atoms with Crippen LogP contribution in [0.5, 0.6) is 17.2 Å². The Morgan fingerprint density at radius 3 is 2.37 bits per heavy atom. The highest BCUT2D eigenvalue weighted by atomic mass is 32.2. The number of ether oxygens (including phenoxy) is 2. The second-order valence-corrected chi connectivity index (χ2v) is 14.8. The van der Waals surface area contributed by atoms with Crippen LogP contribution in [0, 0.1) is 6.92 Å². The molecule has 0 aliphatic carbocycles. The topological polar surface area (TPSA) is 250 Å². The van der Waals surface area contributed by atoms with Gasteiger partial charge in [0.05, 0.1) is 58.0 Å². The van der Waals surface area contributed by atoms with Crippen molar-refractivity contribution in [1.29, 1.82) is 0 Å². The van der Waals surface area contributed by atoms with Crippen LogP contribution >= 0.6 is 12.0 Å². The molecule has 18 nitrogen and oxygen atoms in total. The number of Topliss-reactive ketones (excluding diaryl/α,β-unsaturated/α-hetero) is 1. The maximum Gasteiger partial charge on any atom is 0.294 e. The maximum atomic E-state index is 13.7. The lowest BCUT2D eigenvalue weighted by atomic mass is 10.0. The monoisotopic (exact) mass is 842 g/mol. The van der Waals surface area contributed by atoms with Gasteiger partial charge in [-0.15, -0.1) is 9.45 Å². The van der Waals surface area contributed by atoms with Crippen molar-refractivity contribution in [3.63, 3.8) is 0 Å². The highest BCUT2D eigenvalue weighted by Crippen LogP contribution is 2.47. The number of anilines is 2. The Bertz CT molecular complexity index is 2670. The number of methoxy groups -OCH3 is 1. The number of fused-ring (bicyclic) bond motifs is 1. The number of phenols is 1. The predicted molar refractivity (Wildman–Crippen MR) is 214 cm³/mol. The second-order valence-electron chi connectivity index (χ2n) is 12.6. The van der Waals surface area contributed by atoms with E-state index >= 15 is 0 Å². The van der Waals surface area contributed by atoms with Crippen LogP contribution in [0.25, 0.3) is 10.8 Å².